The van der Waals surface area contributed by atoms with E-state index >= 15 is 0 Å². The zero-order valence-corrected chi connectivity index (χ0v) is 16.9. The molecule has 1 rings (SSSR count). The van der Waals surface area contributed by atoms with Gasteiger partial charge in [0.1, 0.15) is 0 Å². The van der Waals surface area contributed by atoms with Crippen molar-refractivity contribution in [1.82, 2.24) is 0 Å². The molecule has 114 valence electrons. The fraction of sp³-hybridized carbons (Fsp3) is 0.667. The summed E-state index contributed by atoms with van der Waals surface area (Å²) < 4.78 is 0. The minimum atomic E-state index is -1.27. The number of hydrogen-bond donors (Lipinski definition) is 0. The Morgan fingerprint density at radius 3 is 1.60 bits per heavy atom. The van der Waals surface area contributed by atoms with Gasteiger partial charge in [-0.15, -0.1) is 8.13 Å². The molecule has 1 aromatic rings. The molecule has 0 nitrogen and oxygen atoms in total. The number of rotatable bonds is 4. The average molecular weight is 309 g/mol. The lowest BCUT2D eigenvalue weighted by molar-refractivity contribution is 0.736. The Balaban J connectivity index is 3.35. The van der Waals surface area contributed by atoms with Crippen LogP contribution in [0.4, 0.5) is 0 Å². The molecular formula is C18H33PSi. The van der Waals surface area contributed by atoms with Crippen molar-refractivity contribution in [2.24, 2.45) is 0 Å². The van der Waals surface area contributed by atoms with Gasteiger partial charge in [-0.1, -0.05) is 79.8 Å². The van der Waals surface area contributed by atoms with Gasteiger partial charge in [-0.25, -0.2) is 0 Å². The molecular weight excluding hydrogens is 275 g/mol. The van der Waals surface area contributed by atoms with Crippen LogP contribution in [0.25, 0.3) is 0 Å². The Labute approximate surface area is 129 Å². The van der Waals surface area contributed by atoms with Gasteiger partial charge in [0, 0.05) is 0 Å². The lowest BCUT2D eigenvalue weighted by Gasteiger charge is -2.38. The van der Waals surface area contributed by atoms with Crippen LogP contribution in [-0.2, 0) is 0 Å². The topological polar surface area (TPSA) is 0 Å². The van der Waals surface area contributed by atoms with E-state index in [1.807, 2.05) is 0 Å². The maximum Gasteiger partial charge on any atom is 0.0820 e. The van der Waals surface area contributed by atoms with E-state index in [-0.39, 0.29) is 0 Å². The second-order valence-electron chi connectivity index (χ2n) is 8.12. The van der Waals surface area contributed by atoms with E-state index in [9.17, 15) is 0 Å². The van der Waals surface area contributed by atoms with Gasteiger partial charge in [0.2, 0.25) is 0 Å². The summed E-state index contributed by atoms with van der Waals surface area (Å²) in [6.45, 7) is 21.7. The SMILES string of the molecule is CC(C)c1cccc(C(C)C)c1P[Si](C)(C)C(C)(C)C. The summed E-state index contributed by atoms with van der Waals surface area (Å²) in [5.41, 5.74) is 3.17. The Morgan fingerprint density at radius 2 is 1.30 bits per heavy atom. The van der Waals surface area contributed by atoms with Crippen molar-refractivity contribution < 1.29 is 0 Å². The lowest BCUT2D eigenvalue weighted by atomic mass is 9.95. The molecule has 1 unspecified atom stereocenters. The predicted molar refractivity (Wildman–Crippen MR) is 99.8 cm³/mol. The lowest BCUT2D eigenvalue weighted by Crippen LogP contribution is -2.35. The number of hydrogen-bond acceptors (Lipinski definition) is 0. The first-order valence-corrected chi connectivity index (χ1v) is 12.9. The van der Waals surface area contributed by atoms with Crippen LogP contribution in [0.2, 0.25) is 18.1 Å². The van der Waals surface area contributed by atoms with Crippen LogP contribution in [0.3, 0.4) is 0 Å². The molecule has 1 atom stereocenters. The van der Waals surface area contributed by atoms with Crippen molar-refractivity contribution in [3.63, 3.8) is 0 Å². The fourth-order valence-electron chi connectivity index (χ4n) is 2.20. The van der Waals surface area contributed by atoms with Crippen molar-refractivity contribution in [1.29, 1.82) is 0 Å². The van der Waals surface area contributed by atoms with E-state index in [1.165, 1.54) is 0 Å². The monoisotopic (exact) mass is 308 g/mol. The molecule has 0 amide bonds. The highest BCUT2D eigenvalue weighted by Gasteiger charge is 2.36. The second kappa shape index (κ2) is 6.32. The first-order chi connectivity index (χ1) is 8.97. The van der Waals surface area contributed by atoms with E-state index in [2.05, 4.69) is 79.8 Å². The summed E-state index contributed by atoms with van der Waals surface area (Å²) in [7, 11) is -0.268. The Kier molecular flexibility index (Phi) is 5.66. The minimum absolute atomic E-state index is 0.462. The predicted octanol–water partition coefficient (Wildman–Crippen LogP) is 6.24. The summed E-state index contributed by atoms with van der Waals surface area (Å²) in [4.78, 5) is 0. The zero-order chi connectivity index (χ0) is 15.7. The van der Waals surface area contributed by atoms with Gasteiger partial charge in [-0.2, -0.15) is 0 Å². The van der Waals surface area contributed by atoms with Crippen molar-refractivity contribution in [2.45, 2.75) is 78.4 Å². The van der Waals surface area contributed by atoms with Crippen LogP contribution in [0.1, 0.15) is 71.4 Å². The Hall–Kier alpha value is -0.133. The highest BCUT2D eigenvalue weighted by Crippen LogP contribution is 2.47. The van der Waals surface area contributed by atoms with Gasteiger partial charge in [0.15, 0.2) is 0 Å². The van der Waals surface area contributed by atoms with Gasteiger partial charge < -0.3 is 0 Å². The van der Waals surface area contributed by atoms with Crippen LogP contribution in [0.15, 0.2) is 18.2 Å². The molecule has 0 aliphatic heterocycles. The molecule has 0 fully saturated rings. The van der Waals surface area contributed by atoms with Gasteiger partial charge in [0.25, 0.3) is 0 Å². The largest absolute Gasteiger partial charge is 0.101 e. The van der Waals surface area contributed by atoms with Crippen molar-refractivity contribution in [2.75, 3.05) is 0 Å². The maximum absolute atomic E-state index is 2.56. The molecule has 0 bridgehead atoms. The molecule has 0 N–H and O–H groups in total. The Bertz CT molecular complexity index is 427. The Morgan fingerprint density at radius 1 is 0.900 bits per heavy atom. The van der Waals surface area contributed by atoms with Crippen LogP contribution in [0.5, 0.6) is 0 Å². The summed E-state index contributed by atoms with van der Waals surface area (Å²) >= 11 is 0. The van der Waals surface area contributed by atoms with E-state index < -0.39 is 7.74 Å². The summed E-state index contributed by atoms with van der Waals surface area (Å²) in [5.74, 6) is 1.25. The van der Waals surface area contributed by atoms with Gasteiger partial charge >= 0.3 is 0 Å². The quantitative estimate of drug-likeness (QED) is 0.456. The second-order valence-corrected chi connectivity index (χ2v) is 18.1. The average Bonchev–Trinajstić information content (AvgIpc) is 2.26. The summed E-state index contributed by atoms with van der Waals surface area (Å²) in [5, 5.41) is 2.15. The van der Waals surface area contributed by atoms with Crippen LogP contribution in [0, 0.1) is 0 Å². The van der Waals surface area contributed by atoms with E-state index in [0.717, 1.165) is 8.13 Å². The number of benzene rings is 1. The van der Waals surface area contributed by atoms with Crippen molar-refractivity contribution >= 4 is 21.2 Å². The van der Waals surface area contributed by atoms with E-state index in [0.29, 0.717) is 16.9 Å². The first kappa shape index (κ1) is 17.9. The van der Waals surface area contributed by atoms with Crippen molar-refractivity contribution in [3.05, 3.63) is 29.3 Å². The molecule has 0 aliphatic carbocycles. The van der Waals surface area contributed by atoms with Gasteiger partial charge in [0.05, 0.1) is 7.74 Å². The molecule has 2 heteroatoms. The van der Waals surface area contributed by atoms with Crippen LogP contribution in [-0.4, -0.2) is 7.74 Å². The minimum Gasteiger partial charge on any atom is -0.101 e. The molecule has 0 radical (unpaired) electrons. The summed E-state index contributed by atoms with van der Waals surface area (Å²) in [6.07, 6.45) is 0. The standard InChI is InChI=1S/C18H33PSi/c1-13(2)15-11-10-12-16(14(3)4)17(15)19-20(8,9)18(5,6)7/h10-14,19H,1-9H3. The molecule has 1 aromatic carbocycles. The highest BCUT2D eigenvalue weighted by atomic mass is 31.3. The molecule has 0 saturated carbocycles. The summed E-state index contributed by atoms with van der Waals surface area (Å²) in [6, 6.07) is 6.96. The maximum atomic E-state index is 2.56. The van der Waals surface area contributed by atoms with E-state index in [4.69, 9.17) is 0 Å². The van der Waals surface area contributed by atoms with Crippen molar-refractivity contribution in [3.8, 4) is 0 Å². The third-order valence-corrected chi connectivity index (χ3v) is 14.8. The first-order valence-electron chi connectivity index (χ1n) is 7.88. The third-order valence-electron chi connectivity index (χ3n) is 4.69. The molecule has 0 spiro atoms. The zero-order valence-electron chi connectivity index (χ0n) is 14.9. The van der Waals surface area contributed by atoms with Gasteiger partial charge in [-0.05, 0) is 33.3 Å². The molecule has 20 heavy (non-hydrogen) atoms. The smallest absolute Gasteiger partial charge is 0.0820 e. The molecule has 0 aromatic heterocycles. The van der Waals surface area contributed by atoms with E-state index in [1.54, 1.807) is 16.4 Å². The normalized spacial score (nSPS) is 13.9. The highest BCUT2D eigenvalue weighted by molar-refractivity contribution is 7.87. The molecule has 0 aliphatic rings. The fourth-order valence-corrected chi connectivity index (χ4v) is 8.09. The molecule has 0 heterocycles. The van der Waals surface area contributed by atoms with Crippen LogP contribution >= 0.6 is 8.13 Å². The molecule has 0 saturated heterocycles. The van der Waals surface area contributed by atoms with Gasteiger partial charge in [-0.3, -0.25) is 0 Å². The third kappa shape index (κ3) is 3.95. The van der Waals surface area contributed by atoms with Crippen LogP contribution < -0.4 is 5.30 Å².